The maximum Gasteiger partial charge on any atom is 0.279 e. The van der Waals surface area contributed by atoms with Crippen LogP contribution in [0.25, 0.3) is 0 Å². The van der Waals surface area contributed by atoms with Crippen LogP contribution in [0.3, 0.4) is 0 Å². The van der Waals surface area contributed by atoms with Crippen LogP contribution in [0.15, 0.2) is 36.5 Å². The van der Waals surface area contributed by atoms with Gasteiger partial charge in [-0.3, -0.25) is 9.59 Å². The standard InChI is InChI=1S/C16H14FN3O3/c1-9-8-10(17)5-6-11(9)19-14(21)16(2)15(22)20-13-12(23-16)4-3-7-18-13/h3-8H,1-2H3,(H,19,21)(H,18,20,22)/t16-/m0/s1. The van der Waals surface area contributed by atoms with Gasteiger partial charge in [0.25, 0.3) is 17.4 Å². The van der Waals surface area contributed by atoms with Gasteiger partial charge in [0, 0.05) is 11.9 Å². The van der Waals surface area contributed by atoms with Crippen molar-refractivity contribution in [1.82, 2.24) is 4.98 Å². The minimum atomic E-state index is -1.75. The molecular formula is C16H14FN3O3. The summed E-state index contributed by atoms with van der Waals surface area (Å²) in [6, 6.07) is 7.20. The molecule has 0 spiro atoms. The van der Waals surface area contributed by atoms with Crippen LogP contribution in [-0.4, -0.2) is 22.4 Å². The summed E-state index contributed by atoms with van der Waals surface area (Å²) in [6.07, 6.45) is 1.51. The number of nitrogens with zero attached hydrogens (tertiary/aromatic N) is 1. The van der Waals surface area contributed by atoms with Crippen LogP contribution < -0.4 is 15.4 Å². The number of carbonyl (C=O) groups is 2. The first kappa shape index (κ1) is 15.0. The Bertz CT molecular complexity index is 809. The number of halogens is 1. The number of aromatic nitrogens is 1. The first-order valence-corrected chi connectivity index (χ1v) is 6.93. The lowest BCUT2D eigenvalue weighted by Crippen LogP contribution is -2.56. The van der Waals surface area contributed by atoms with Gasteiger partial charge in [-0.15, -0.1) is 0 Å². The number of benzene rings is 1. The largest absolute Gasteiger partial charge is 0.464 e. The summed E-state index contributed by atoms with van der Waals surface area (Å²) in [5, 5.41) is 5.14. The van der Waals surface area contributed by atoms with E-state index in [0.717, 1.165) is 0 Å². The molecule has 2 amide bonds. The monoisotopic (exact) mass is 315 g/mol. The molecule has 0 unspecified atom stereocenters. The molecule has 0 saturated carbocycles. The van der Waals surface area contributed by atoms with Crippen LogP contribution in [-0.2, 0) is 9.59 Å². The van der Waals surface area contributed by atoms with E-state index in [4.69, 9.17) is 4.74 Å². The second-order valence-electron chi connectivity index (χ2n) is 5.35. The van der Waals surface area contributed by atoms with Crippen molar-refractivity contribution in [3.63, 3.8) is 0 Å². The van der Waals surface area contributed by atoms with E-state index in [1.807, 2.05) is 0 Å². The first-order chi connectivity index (χ1) is 10.9. The second-order valence-corrected chi connectivity index (χ2v) is 5.35. The number of pyridine rings is 1. The Morgan fingerprint density at radius 2 is 2.17 bits per heavy atom. The van der Waals surface area contributed by atoms with Gasteiger partial charge in [0.1, 0.15) is 5.82 Å². The summed E-state index contributed by atoms with van der Waals surface area (Å²) >= 11 is 0. The summed E-state index contributed by atoms with van der Waals surface area (Å²) in [5.41, 5.74) is -0.803. The molecule has 0 fully saturated rings. The molecule has 0 saturated heterocycles. The van der Waals surface area contributed by atoms with Gasteiger partial charge < -0.3 is 15.4 Å². The average Bonchev–Trinajstić information content (AvgIpc) is 2.51. The lowest BCUT2D eigenvalue weighted by atomic mass is 10.0. The van der Waals surface area contributed by atoms with E-state index >= 15 is 0 Å². The molecule has 23 heavy (non-hydrogen) atoms. The third-order valence-corrected chi connectivity index (χ3v) is 3.62. The van der Waals surface area contributed by atoms with E-state index in [1.165, 1.54) is 31.3 Å². The number of carbonyl (C=O) groups excluding carboxylic acids is 2. The zero-order chi connectivity index (χ0) is 16.6. The Labute approximate surface area is 131 Å². The van der Waals surface area contributed by atoms with Crippen molar-refractivity contribution in [1.29, 1.82) is 0 Å². The lowest BCUT2D eigenvalue weighted by Gasteiger charge is -2.32. The number of anilines is 2. The summed E-state index contributed by atoms with van der Waals surface area (Å²) in [7, 11) is 0. The average molecular weight is 315 g/mol. The summed E-state index contributed by atoms with van der Waals surface area (Å²) < 4.78 is 18.7. The number of fused-ring (bicyclic) bond motifs is 1. The number of nitrogens with one attached hydrogen (secondary N) is 2. The Morgan fingerprint density at radius 3 is 2.91 bits per heavy atom. The SMILES string of the molecule is Cc1cc(F)ccc1NC(=O)[C@]1(C)Oc2cccnc2NC1=O. The van der Waals surface area contributed by atoms with E-state index in [9.17, 15) is 14.0 Å². The fourth-order valence-electron chi connectivity index (χ4n) is 2.22. The predicted molar refractivity (Wildman–Crippen MR) is 81.7 cm³/mol. The molecule has 118 valence electrons. The van der Waals surface area contributed by atoms with Crippen LogP contribution in [0.4, 0.5) is 15.9 Å². The molecule has 0 radical (unpaired) electrons. The molecular weight excluding hydrogens is 301 g/mol. The highest BCUT2D eigenvalue weighted by Gasteiger charge is 2.47. The smallest absolute Gasteiger partial charge is 0.279 e. The number of rotatable bonds is 2. The van der Waals surface area contributed by atoms with Crippen molar-refractivity contribution >= 4 is 23.3 Å². The van der Waals surface area contributed by atoms with Crippen LogP contribution in [0.1, 0.15) is 12.5 Å². The van der Waals surface area contributed by atoms with Gasteiger partial charge in [-0.25, -0.2) is 9.37 Å². The molecule has 1 aromatic heterocycles. The molecule has 2 aromatic rings. The fourth-order valence-corrected chi connectivity index (χ4v) is 2.22. The van der Waals surface area contributed by atoms with Crippen LogP contribution >= 0.6 is 0 Å². The minimum Gasteiger partial charge on any atom is -0.464 e. The Kier molecular flexibility index (Phi) is 3.48. The van der Waals surface area contributed by atoms with E-state index in [-0.39, 0.29) is 5.82 Å². The molecule has 0 aliphatic carbocycles. The molecule has 1 aliphatic rings. The molecule has 2 N–H and O–H groups in total. The third kappa shape index (κ3) is 2.61. The second kappa shape index (κ2) is 5.35. The van der Waals surface area contributed by atoms with E-state index < -0.39 is 23.2 Å². The van der Waals surface area contributed by atoms with E-state index in [0.29, 0.717) is 17.0 Å². The van der Waals surface area contributed by atoms with E-state index in [2.05, 4.69) is 15.6 Å². The number of aryl methyl sites for hydroxylation is 1. The third-order valence-electron chi connectivity index (χ3n) is 3.62. The Balaban J connectivity index is 1.88. The highest BCUT2D eigenvalue weighted by atomic mass is 19.1. The zero-order valence-electron chi connectivity index (χ0n) is 12.5. The molecule has 1 aromatic carbocycles. The molecule has 3 rings (SSSR count). The summed E-state index contributed by atoms with van der Waals surface area (Å²) in [6.45, 7) is 3.02. The molecule has 0 bridgehead atoms. The summed E-state index contributed by atoms with van der Waals surface area (Å²) in [4.78, 5) is 28.8. The number of hydrogen-bond donors (Lipinski definition) is 2. The van der Waals surface area contributed by atoms with Crippen LogP contribution in [0.2, 0.25) is 0 Å². The van der Waals surface area contributed by atoms with Crippen molar-refractivity contribution in [3.8, 4) is 5.75 Å². The van der Waals surface area contributed by atoms with Crippen molar-refractivity contribution in [2.75, 3.05) is 10.6 Å². The van der Waals surface area contributed by atoms with Crippen LogP contribution in [0.5, 0.6) is 5.75 Å². The molecule has 1 aliphatic heterocycles. The maximum atomic E-state index is 13.1. The normalized spacial score (nSPS) is 19.3. The Morgan fingerprint density at radius 1 is 1.39 bits per heavy atom. The van der Waals surface area contributed by atoms with Crippen molar-refractivity contribution in [2.24, 2.45) is 0 Å². The topological polar surface area (TPSA) is 80.3 Å². The van der Waals surface area contributed by atoms with E-state index in [1.54, 1.807) is 19.1 Å². The van der Waals surface area contributed by atoms with Gasteiger partial charge in [-0.05, 0) is 49.7 Å². The lowest BCUT2D eigenvalue weighted by molar-refractivity contribution is -0.143. The molecule has 7 heteroatoms. The van der Waals surface area contributed by atoms with Gasteiger partial charge in [-0.1, -0.05) is 0 Å². The van der Waals surface area contributed by atoms with Gasteiger partial charge >= 0.3 is 0 Å². The molecule has 6 nitrogen and oxygen atoms in total. The van der Waals surface area contributed by atoms with Gasteiger partial charge in [0.2, 0.25) is 0 Å². The van der Waals surface area contributed by atoms with Crippen molar-refractivity contribution in [2.45, 2.75) is 19.4 Å². The Hall–Kier alpha value is -2.96. The van der Waals surface area contributed by atoms with Crippen LogP contribution in [0, 0.1) is 12.7 Å². The predicted octanol–water partition coefficient (Wildman–Crippen LogP) is 2.26. The molecule has 1 atom stereocenters. The molecule has 2 heterocycles. The maximum absolute atomic E-state index is 13.1. The number of hydrogen-bond acceptors (Lipinski definition) is 4. The minimum absolute atomic E-state index is 0.265. The highest BCUT2D eigenvalue weighted by molar-refractivity contribution is 6.18. The fraction of sp³-hybridized carbons (Fsp3) is 0.188. The number of amides is 2. The first-order valence-electron chi connectivity index (χ1n) is 6.93. The quantitative estimate of drug-likeness (QED) is 0.833. The van der Waals surface area contributed by atoms with Gasteiger partial charge in [0.05, 0.1) is 0 Å². The summed E-state index contributed by atoms with van der Waals surface area (Å²) in [5.74, 6) is -1.11. The number of ether oxygens (including phenoxy) is 1. The van der Waals surface area contributed by atoms with Crippen molar-refractivity contribution in [3.05, 3.63) is 47.9 Å². The highest BCUT2D eigenvalue weighted by Crippen LogP contribution is 2.32. The van der Waals surface area contributed by atoms with Crippen molar-refractivity contribution < 1.29 is 18.7 Å². The van der Waals surface area contributed by atoms with Gasteiger partial charge in [0.15, 0.2) is 11.6 Å². The van der Waals surface area contributed by atoms with Gasteiger partial charge in [-0.2, -0.15) is 0 Å². The zero-order valence-corrected chi connectivity index (χ0v) is 12.5.